The number of ether oxygens (including phenoxy) is 2. The lowest BCUT2D eigenvalue weighted by atomic mass is 10.1. The van der Waals surface area contributed by atoms with Gasteiger partial charge in [0.05, 0.1) is 13.7 Å². The van der Waals surface area contributed by atoms with Crippen LogP contribution >= 0.6 is 0 Å². The average molecular weight is 178 g/mol. The molecule has 1 rings (SSSR count). The van der Waals surface area contributed by atoms with E-state index in [4.69, 9.17) is 9.47 Å². The molecular formula is C11H14O2. The van der Waals surface area contributed by atoms with Gasteiger partial charge in [-0.25, -0.2) is 0 Å². The third-order valence-electron chi connectivity index (χ3n) is 1.83. The van der Waals surface area contributed by atoms with Crippen LogP contribution in [0.5, 0.6) is 5.75 Å². The van der Waals surface area contributed by atoms with Gasteiger partial charge < -0.3 is 9.47 Å². The maximum atomic E-state index is 5.16. The maximum absolute atomic E-state index is 5.16. The molecule has 0 atom stereocenters. The molecule has 0 spiro atoms. The summed E-state index contributed by atoms with van der Waals surface area (Å²) >= 11 is 0. The zero-order chi connectivity index (χ0) is 9.68. The van der Waals surface area contributed by atoms with Gasteiger partial charge in [-0.15, -0.1) is 0 Å². The second-order valence-corrected chi connectivity index (χ2v) is 2.71. The fourth-order valence-electron chi connectivity index (χ4n) is 1.20. The Hall–Kier alpha value is -1.28. The molecular weight excluding hydrogens is 164 g/mol. The van der Waals surface area contributed by atoms with Crippen LogP contribution < -0.4 is 4.74 Å². The highest BCUT2D eigenvalue weighted by Gasteiger charge is 2.00. The highest BCUT2D eigenvalue weighted by Crippen LogP contribution is 2.20. The van der Waals surface area contributed by atoms with Crippen molar-refractivity contribution in [1.82, 2.24) is 0 Å². The molecule has 2 nitrogen and oxygen atoms in total. The van der Waals surface area contributed by atoms with E-state index in [0.717, 1.165) is 16.9 Å². The lowest BCUT2D eigenvalue weighted by molar-refractivity contribution is 0.185. The molecule has 70 valence electrons. The minimum atomic E-state index is 0.616. The van der Waals surface area contributed by atoms with Gasteiger partial charge in [0.1, 0.15) is 5.75 Å². The molecule has 0 heterocycles. The summed E-state index contributed by atoms with van der Waals surface area (Å²) in [7, 11) is 3.33. The van der Waals surface area contributed by atoms with E-state index in [2.05, 4.69) is 6.58 Å². The van der Waals surface area contributed by atoms with Crippen LogP contribution in [-0.4, -0.2) is 14.2 Å². The van der Waals surface area contributed by atoms with E-state index in [-0.39, 0.29) is 0 Å². The van der Waals surface area contributed by atoms with Gasteiger partial charge >= 0.3 is 0 Å². The van der Waals surface area contributed by atoms with E-state index in [9.17, 15) is 0 Å². The molecule has 0 saturated carbocycles. The number of hydrogen-bond donors (Lipinski definition) is 0. The van der Waals surface area contributed by atoms with Crippen molar-refractivity contribution in [1.29, 1.82) is 0 Å². The SMILES string of the molecule is C=Cc1cc(COC)ccc1OC. The minimum Gasteiger partial charge on any atom is -0.496 e. The standard InChI is InChI=1S/C11H14O2/c1-4-10-7-9(8-12-2)5-6-11(10)13-3/h4-7H,1,8H2,2-3H3. The van der Waals surface area contributed by atoms with E-state index in [1.54, 1.807) is 20.3 Å². The molecule has 0 amide bonds. The van der Waals surface area contributed by atoms with Crippen molar-refractivity contribution >= 4 is 6.08 Å². The fraction of sp³-hybridized carbons (Fsp3) is 0.273. The molecule has 13 heavy (non-hydrogen) atoms. The third-order valence-corrected chi connectivity index (χ3v) is 1.83. The predicted molar refractivity (Wildman–Crippen MR) is 53.8 cm³/mol. The molecule has 1 aromatic carbocycles. The molecule has 0 fully saturated rings. The molecule has 2 heteroatoms. The van der Waals surface area contributed by atoms with E-state index in [0.29, 0.717) is 6.61 Å². The monoisotopic (exact) mass is 178 g/mol. The second-order valence-electron chi connectivity index (χ2n) is 2.71. The Morgan fingerprint density at radius 1 is 1.38 bits per heavy atom. The van der Waals surface area contributed by atoms with Crippen molar-refractivity contribution in [3.63, 3.8) is 0 Å². The van der Waals surface area contributed by atoms with Crippen molar-refractivity contribution in [2.45, 2.75) is 6.61 Å². The van der Waals surface area contributed by atoms with E-state index < -0.39 is 0 Å². The van der Waals surface area contributed by atoms with Crippen LogP contribution in [0.1, 0.15) is 11.1 Å². The summed E-state index contributed by atoms with van der Waals surface area (Å²) in [6, 6.07) is 5.91. The summed E-state index contributed by atoms with van der Waals surface area (Å²) in [6.45, 7) is 4.34. The molecule has 0 unspecified atom stereocenters. The van der Waals surface area contributed by atoms with E-state index in [1.807, 2.05) is 18.2 Å². The Balaban J connectivity index is 2.98. The lowest BCUT2D eigenvalue weighted by Crippen LogP contribution is -1.91. The van der Waals surface area contributed by atoms with Gasteiger partial charge in [0.2, 0.25) is 0 Å². The summed E-state index contributed by atoms with van der Waals surface area (Å²) in [4.78, 5) is 0. The van der Waals surface area contributed by atoms with Crippen molar-refractivity contribution in [2.75, 3.05) is 14.2 Å². The molecule has 0 aliphatic rings. The van der Waals surface area contributed by atoms with Gasteiger partial charge in [-0.05, 0) is 17.7 Å². The van der Waals surface area contributed by atoms with Gasteiger partial charge in [-0.3, -0.25) is 0 Å². The van der Waals surface area contributed by atoms with Gasteiger partial charge in [0, 0.05) is 12.7 Å². The Bertz CT molecular complexity index is 292. The first-order chi connectivity index (χ1) is 6.31. The van der Waals surface area contributed by atoms with Gasteiger partial charge in [0.15, 0.2) is 0 Å². The van der Waals surface area contributed by atoms with Crippen LogP contribution in [-0.2, 0) is 11.3 Å². The van der Waals surface area contributed by atoms with Crippen LogP contribution in [0, 0.1) is 0 Å². The van der Waals surface area contributed by atoms with Crippen LogP contribution in [0.25, 0.3) is 6.08 Å². The molecule has 0 saturated heterocycles. The van der Waals surface area contributed by atoms with Crippen LogP contribution in [0.2, 0.25) is 0 Å². The molecule has 1 aromatic rings. The minimum absolute atomic E-state index is 0.616. The van der Waals surface area contributed by atoms with Crippen molar-refractivity contribution in [3.8, 4) is 5.75 Å². The largest absolute Gasteiger partial charge is 0.496 e. The zero-order valence-electron chi connectivity index (χ0n) is 8.04. The van der Waals surface area contributed by atoms with Crippen LogP contribution in [0.4, 0.5) is 0 Å². The number of hydrogen-bond acceptors (Lipinski definition) is 2. The average Bonchev–Trinajstić information content (AvgIpc) is 2.18. The van der Waals surface area contributed by atoms with Gasteiger partial charge in [-0.1, -0.05) is 18.7 Å². The number of benzene rings is 1. The first-order valence-corrected chi connectivity index (χ1v) is 4.10. The zero-order valence-corrected chi connectivity index (χ0v) is 8.04. The summed E-state index contributed by atoms with van der Waals surface area (Å²) in [5, 5.41) is 0. The maximum Gasteiger partial charge on any atom is 0.126 e. The fourth-order valence-corrected chi connectivity index (χ4v) is 1.20. The van der Waals surface area contributed by atoms with Crippen molar-refractivity contribution in [2.24, 2.45) is 0 Å². The lowest BCUT2D eigenvalue weighted by Gasteiger charge is -2.06. The second kappa shape index (κ2) is 4.67. The summed E-state index contributed by atoms with van der Waals surface area (Å²) < 4.78 is 10.2. The molecule has 0 radical (unpaired) electrons. The Kier molecular flexibility index (Phi) is 3.53. The first kappa shape index (κ1) is 9.81. The Labute approximate surface area is 78.8 Å². The van der Waals surface area contributed by atoms with Gasteiger partial charge in [0.25, 0.3) is 0 Å². The van der Waals surface area contributed by atoms with Crippen LogP contribution in [0.15, 0.2) is 24.8 Å². The molecule has 0 aromatic heterocycles. The highest BCUT2D eigenvalue weighted by molar-refractivity contribution is 5.56. The predicted octanol–water partition coefficient (Wildman–Crippen LogP) is 2.48. The Morgan fingerprint density at radius 3 is 2.69 bits per heavy atom. The summed E-state index contributed by atoms with van der Waals surface area (Å²) in [6.07, 6.45) is 1.78. The molecule has 0 bridgehead atoms. The number of methoxy groups -OCH3 is 2. The first-order valence-electron chi connectivity index (χ1n) is 4.10. The quantitative estimate of drug-likeness (QED) is 0.705. The number of rotatable bonds is 4. The van der Waals surface area contributed by atoms with Crippen LogP contribution in [0.3, 0.4) is 0 Å². The third kappa shape index (κ3) is 2.33. The highest BCUT2D eigenvalue weighted by atomic mass is 16.5. The van der Waals surface area contributed by atoms with Crippen molar-refractivity contribution in [3.05, 3.63) is 35.9 Å². The smallest absolute Gasteiger partial charge is 0.126 e. The topological polar surface area (TPSA) is 18.5 Å². The molecule has 0 aliphatic carbocycles. The van der Waals surface area contributed by atoms with E-state index in [1.165, 1.54) is 0 Å². The molecule has 0 N–H and O–H groups in total. The van der Waals surface area contributed by atoms with E-state index >= 15 is 0 Å². The molecule has 0 aliphatic heterocycles. The van der Waals surface area contributed by atoms with Crippen molar-refractivity contribution < 1.29 is 9.47 Å². The Morgan fingerprint density at radius 2 is 2.15 bits per heavy atom. The summed E-state index contributed by atoms with van der Waals surface area (Å²) in [5.41, 5.74) is 2.12. The normalized spacial score (nSPS) is 9.69. The van der Waals surface area contributed by atoms with Gasteiger partial charge in [-0.2, -0.15) is 0 Å². The summed E-state index contributed by atoms with van der Waals surface area (Å²) in [5.74, 6) is 0.842.